The number of aryl methyl sites for hydroxylation is 1. The van der Waals surface area contributed by atoms with E-state index in [1.165, 1.54) is 0 Å². The van der Waals surface area contributed by atoms with Crippen LogP contribution in [0.4, 0.5) is 10.3 Å². The topological polar surface area (TPSA) is 69.9 Å². The van der Waals surface area contributed by atoms with E-state index >= 15 is 0 Å². The lowest BCUT2D eigenvalue weighted by molar-refractivity contribution is 0.0985. The molecule has 1 saturated carbocycles. The van der Waals surface area contributed by atoms with Gasteiger partial charge in [-0.2, -0.15) is 0 Å². The summed E-state index contributed by atoms with van der Waals surface area (Å²) in [6.45, 7) is 4.48. The zero-order valence-electron chi connectivity index (χ0n) is 14.6. The summed E-state index contributed by atoms with van der Waals surface area (Å²) in [6.07, 6.45) is 7.02. The van der Waals surface area contributed by atoms with Gasteiger partial charge in [-0.25, -0.2) is 4.39 Å². The summed E-state index contributed by atoms with van der Waals surface area (Å²) in [4.78, 5) is 4.55. The third-order valence-electron chi connectivity index (χ3n) is 5.40. The van der Waals surface area contributed by atoms with E-state index in [2.05, 4.69) is 27.0 Å². The predicted molar refractivity (Wildman–Crippen MR) is 95.9 cm³/mol. The van der Waals surface area contributed by atoms with Crippen LogP contribution in [0.5, 0.6) is 0 Å². The normalized spacial score (nSPS) is 24.0. The van der Waals surface area contributed by atoms with Crippen LogP contribution in [0.3, 0.4) is 0 Å². The van der Waals surface area contributed by atoms with Gasteiger partial charge in [0.2, 0.25) is 5.88 Å². The Kier molecular flexibility index (Phi) is 3.78. The van der Waals surface area contributed by atoms with Crippen molar-refractivity contribution in [1.29, 1.82) is 0 Å². The molecule has 3 aromatic heterocycles. The molecule has 1 aliphatic rings. The maximum absolute atomic E-state index is 14.0. The van der Waals surface area contributed by atoms with E-state index in [1.54, 1.807) is 13.1 Å². The van der Waals surface area contributed by atoms with Crippen LogP contribution in [0.1, 0.15) is 38.3 Å². The summed E-state index contributed by atoms with van der Waals surface area (Å²) < 4.78 is 21.3. The number of nitrogens with zero attached hydrogens (tertiary/aromatic N) is 3. The summed E-state index contributed by atoms with van der Waals surface area (Å²) in [6, 6.07) is 4.10. The minimum absolute atomic E-state index is 0.311. The fourth-order valence-electron chi connectivity index (χ4n) is 3.84. The molecule has 0 spiro atoms. The quantitative estimate of drug-likeness (QED) is 0.761. The van der Waals surface area contributed by atoms with Crippen molar-refractivity contribution in [3.8, 4) is 11.1 Å². The lowest BCUT2D eigenvalue weighted by Crippen LogP contribution is -2.27. The Morgan fingerprint density at radius 3 is 2.84 bits per heavy atom. The molecular formula is C19H23FN4O. The van der Waals surface area contributed by atoms with Crippen LogP contribution in [-0.4, -0.2) is 20.4 Å². The number of hydrogen-bond donors (Lipinski definition) is 1. The molecule has 3 aromatic rings. The monoisotopic (exact) mass is 342 g/mol. The number of halogens is 1. The van der Waals surface area contributed by atoms with Crippen LogP contribution in [0, 0.1) is 12.8 Å². The van der Waals surface area contributed by atoms with Crippen LogP contribution in [0.2, 0.25) is 0 Å². The molecule has 3 heterocycles. The molecule has 2 N–H and O–H groups in total. The number of nitrogen functional groups attached to an aromatic ring is 1. The first-order chi connectivity index (χ1) is 11.9. The standard InChI is InChI=1S/C19H23FN4O/c1-12-17(18(21)25-23-12)14-9-16-15(22-10-14)5-8-24(16)11-13-3-6-19(2,20)7-4-13/h5,8-10,13H,3-4,6-7,11,21H2,1-2H3. The molecule has 0 atom stereocenters. The Hall–Kier alpha value is -2.37. The highest BCUT2D eigenvalue weighted by molar-refractivity contribution is 5.84. The van der Waals surface area contributed by atoms with Crippen molar-refractivity contribution in [1.82, 2.24) is 14.7 Å². The molecular weight excluding hydrogens is 319 g/mol. The lowest BCUT2D eigenvalue weighted by Gasteiger charge is -2.31. The van der Waals surface area contributed by atoms with Crippen LogP contribution < -0.4 is 5.73 Å². The van der Waals surface area contributed by atoms with E-state index < -0.39 is 5.67 Å². The van der Waals surface area contributed by atoms with Gasteiger partial charge in [-0.1, -0.05) is 5.16 Å². The second kappa shape index (κ2) is 5.86. The van der Waals surface area contributed by atoms with Crippen molar-refractivity contribution in [2.45, 2.75) is 51.7 Å². The van der Waals surface area contributed by atoms with Crippen molar-refractivity contribution in [2.75, 3.05) is 5.73 Å². The van der Waals surface area contributed by atoms with Crippen LogP contribution in [0.15, 0.2) is 29.0 Å². The van der Waals surface area contributed by atoms with E-state index in [0.29, 0.717) is 24.6 Å². The largest absolute Gasteiger partial charge is 0.367 e. The Balaban J connectivity index is 1.63. The van der Waals surface area contributed by atoms with Crippen LogP contribution >= 0.6 is 0 Å². The van der Waals surface area contributed by atoms with E-state index in [9.17, 15) is 4.39 Å². The predicted octanol–water partition coefficient (Wildman–Crippen LogP) is 4.50. The number of fused-ring (bicyclic) bond motifs is 1. The Morgan fingerprint density at radius 1 is 1.40 bits per heavy atom. The van der Waals surface area contributed by atoms with Gasteiger partial charge >= 0.3 is 0 Å². The van der Waals surface area contributed by atoms with Gasteiger partial charge in [-0.3, -0.25) is 4.98 Å². The highest BCUT2D eigenvalue weighted by Gasteiger charge is 2.30. The Morgan fingerprint density at radius 2 is 2.16 bits per heavy atom. The first kappa shape index (κ1) is 16.1. The molecule has 0 bridgehead atoms. The summed E-state index contributed by atoms with van der Waals surface area (Å²) in [5.41, 5.74) is 9.38. The molecule has 5 nitrogen and oxygen atoms in total. The molecule has 6 heteroatoms. The third-order valence-corrected chi connectivity index (χ3v) is 5.40. The van der Waals surface area contributed by atoms with Gasteiger partial charge in [0, 0.05) is 24.5 Å². The molecule has 4 rings (SSSR count). The molecule has 0 saturated heterocycles. The van der Waals surface area contributed by atoms with Crippen molar-refractivity contribution in [3.05, 3.63) is 30.2 Å². The highest BCUT2D eigenvalue weighted by atomic mass is 19.1. The summed E-state index contributed by atoms with van der Waals surface area (Å²) >= 11 is 0. The zero-order valence-corrected chi connectivity index (χ0v) is 14.6. The SMILES string of the molecule is Cc1noc(N)c1-c1cnc2ccn(CC3CCC(C)(F)CC3)c2c1. The van der Waals surface area contributed by atoms with Gasteiger partial charge in [0.15, 0.2) is 0 Å². The number of nitrogens with two attached hydrogens (primary N) is 1. The minimum Gasteiger partial charge on any atom is -0.367 e. The minimum atomic E-state index is -0.993. The smallest absolute Gasteiger partial charge is 0.230 e. The average Bonchev–Trinajstić information content (AvgIpc) is 3.12. The van der Waals surface area contributed by atoms with Crippen molar-refractivity contribution >= 4 is 16.9 Å². The van der Waals surface area contributed by atoms with Gasteiger partial charge < -0.3 is 14.8 Å². The number of hydrogen-bond acceptors (Lipinski definition) is 4. The van der Waals surface area contributed by atoms with Crippen LogP contribution in [-0.2, 0) is 6.54 Å². The molecule has 0 radical (unpaired) electrons. The summed E-state index contributed by atoms with van der Waals surface area (Å²) in [7, 11) is 0. The van der Waals surface area contributed by atoms with E-state index in [0.717, 1.165) is 47.2 Å². The molecule has 25 heavy (non-hydrogen) atoms. The van der Waals surface area contributed by atoms with E-state index in [1.807, 2.05) is 13.0 Å². The zero-order chi connectivity index (χ0) is 17.6. The van der Waals surface area contributed by atoms with Crippen molar-refractivity contribution in [2.24, 2.45) is 5.92 Å². The maximum atomic E-state index is 14.0. The van der Waals surface area contributed by atoms with Gasteiger partial charge in [0.1, 0.15) is 5.67 Å². The molecule has 0 amide bonds. The fourth-order valence-corrected chi connectivity index (χ4v) is 3.84. The summed E-state index contributed by atoms with van der Waals surface area (Å²) in [5, 5.41) is 3.92. The fraction of sp³-hybridized carbons (Fsp3) is 0.474. The molecule has 0 aromatic carbocycles. The number of alkyl halides is 1. The second-order valence-corrected chi connectivity index (χ2v) is 7.46. The Labute approximate surface area is 146 Å². The van der Waals surface area contributed by atoms with E-state index in [4.69, 9.17) is 10.3 Å². The van der Waals surface area contributed by atoms with Gasteiger partial charge in [0.25, 0.3) is 0 Å². The average molecular weight is 342 g/mol. The first-order valence-electron chi connectivity index (χ1n) is 8.79. The number of rotatable bonds is 3. The van der Waals surface area contributed by atoms with Crippen molar-refractivity contribution in [3.63, 3.8) is 0 Å². The van der Waals surface area contributed by atoms with Gasteiger partial charge in [-0.05, 0) is 57.6 Å². The maximum Gasteiger partial charge on any atom is 0.230 e. The molecule has 132 valence electrons. The van der Waals surface area contributed by atoms with Crippen LogP contribution in [0.25, 0.3) is 22.2 Å². The second-order valence-electron chi connectivity index (χ2n) is 7.46. The number of anilines is 1. The molecule has 0 unspecified atom stereocenters. The van der Waals surface area contributed by atoms with E-state index in [-0.39, 0.29) is 0 Å². The van der Waals surface area contributed by atoms with Crippen molar-refractivity contribution < 1.29 is 8.91 Å². The number of aromatic nitrogens is 3. The summed E-state index contributed by atoms with van der Waals surface area (Å²) in [5.74, 6) is 0.816. The lowest BCUT2D eigenvalue weighted by atomic mass is 9.81. The molecule has 1 aliphatic carbocycles. The third kappa shape index (κ3) is 3.01. The van der Waals surface area contributed by atoms with Gasteiger partial charge in [0.05, 0.1) is 22.3 Å². The number of pyridine rings is 1. The highest BCUT2D eigenvalue weighted by Crippen LogP contribution is 2.36. The van der Waals surface area contributed by atoms with Gasteiger partial charge in [-0.15, -0.1) is 0 Å². The Bertz CT molecular complexity index is 882. The molecule has 1 fully saturated rings. The molecule has 0 aliphatic heterocycles. The first-order valence-corrected chi connectivity index (χ1v) is 8.79.